The lowest BCUT2D eigenvalue weighted by Crippen LogP contribution is -2.32. The molecule has 29 heavy (non-hydrogen) atoms. The largest absolute Gasteiger partial charge is 0.496 e. The second-order valence-corrected chi connectivity index (χ2v) is 7.61. The van der Waals surface area contributed by atoms with E-state index in [2.05, 4.69) is 15.9 Å². The molecule has 0 fully saturated rings. The van der Waals surface area contributed by atoms with Crippen molar-refractivity contribution in [2.24, 2.45) is 4.99 Å². The maximum atomic E-state index is 13.4. The fourth-order valence-corrected chi connectivity index (χ4v) is 3.51. The number of para-hydroxylation sites is 1. The summed E-state index contributed by atoms with van der Waals surface area (Å²) in [5.41, 5.74) is 3.91. The van der Waals surface area contributed by atoms with Gasteiger partial charge in [0.2, 0.25) is 0 Å². The first-order valence-corrected chi connectivity index (χ1v) is 9.96. The molecule has 0 saturated heterocycles. The zero-order valence-corrected chi connectivity index (χ0v) is 17.7. The molecule has 1 aliphatic rings. The Hall–Kier alpha value is -3.18. The molecule has 0 atom stereocenters. The molecule has 4 nitrogen and oxygen atoms in total. The van der Waals surface area contributed by atoms with Crippen molar-refractivity contribution in [2.45, 2.75) is 6.92 Å². The lowest BCUT2D eigenvalue weighted by Gasteiger charge is -2.19. The van der Waals surface area contributed by atoms with Crippen LogP contribution in [0.15, 0.2) is 88.0 Å². The Balaban J connectivity index is 1.85. The maximum Gasteiger partial charge on any atom is 0.282 e. The molecule has 4 rings (SSSR count). The number of ether oxygens (including phenoxy) is 1. The maximum absolute atomic E-state index is 13.4. The van der Waals surface area contributed by atoms with Crippen LogP contribution in [0.3, 0.4) is 0 Å². The van der Waals surface area contributed by atoms with Gasteiger partial charge in [0.25, 0.3) is 5.91 Å². The summed E-state index contributed by atoms with van der Waals surface area (Å²) in [6.07, 6.45) is 1.77. The fourth-order valence-electron chi connectivity index (χ4n) is 3.25. The molecule has 0 radical (unpaired) electrons. The Morgan fingerprint density at radius 2 is 1.76 bits per heavy atom. The summed E-state index contributed by atoms with van der Waals surface area (Å²) in [7, 11) is 1.61. The molecule has 1 heterocycles. The van der Waals surface area contributed by atoms with Crippen LogP contribution in [-0.4, -0.2) is 18.9 Å². The van der Waals surface area contributed by atoms with E-state index in [0.717, 1.165) is 26.9 Å². The number of rotatable bonds is 4. The third-order valence-electron chi connectivity index (χ3n) is 4.65. The van der Waals surface area contributed by atoms with Crippen molar-refractivity contribution in [1.29, 1.82) is 0 Å². The van der Waals surface area contributed by atoms with Crippen LogP contribution in [0.1, 0.15) is 16.7 Å². The summed E-state index contributed by atoms with van der Waals surface area (Å²) >= 11 is 3.46. The van der Waals surface area contributed by atoms with Crippen LogP contribution >= 0.6 is 15.9 Å². The Kier molecular flexibility index (Phi) is 5.32. The number of hydrogen-bond donors (Lipinski definition) is 0. The molecule has 144 valence electrons. The van der Waals surface area contributed by atoms with Crippen LogP contribution in [0.5, 0.6) is 5.75 Å². The summed E-state index contributed by atoms with van der Waals surface area (Å²) in [6, 6.07) is 23.2. The first-order valence-electron chi connectivity index (χ1n) is 9.17. The van der Waals surface area contributed by atoms with Crippen LogP contribution < -0.4 is 9.64 Å². The van der Waals surface area contributed by atoms with Gasteiger partial charge in [-0.2, -0.15) is 0 Å². The molecule has 0 saturated carbocycles. The average Bonchev–Trinajstić information content (AvgIpc) is 3.05. The minimum Gasteiger partial charge on any atom is -0.496 e. The van der Waals surface area contributed by atoms with Gasteiger partial charge in [0.1, 0.15) is 17.3 Å². The van der Waals surface area contributed by atoms with Gasteiger partial charge in [-0.05, 0) is 48.9 Å². The van der Waals surface area contributed by atoms with E-state index in [4.69, 9.17) is 9.73 Å². The second-order valence-electron chi connectivity index (χ2n) is 6.69. The van der Waals surface area contributed by atoms with Crippen LogP contribution in [0.2, 0.25) is 0 Å². The summed E-state index contributed by atoms with van der Waals surface area (Å²) < 4.78 is 6.39. The highest BCUT2D eigenvalue weighted by atomic mass is 79.9. The van der Waals surface area contributed by atoms with Crippen LogP contribution in [0.25, 0.3) is 6.08 Å². The van der Waals surface area contributed by atoms with Crippen molar-refractivity contribution in [1.82, 2.24) is 0 Å². The first kappa shape index (κ1) is 19.2. The Morgan fingerprint density at radius 3 is 2.48 bits per heavy atom. The topological polar surface area (TPSA) is 41.9 Å². The Morgan fingerprint density at radius 1 is 1.00 bits per heavy atom. The molecule has 3 aromatic rings. The third kappa shape index (κ3) is 3.87. The third-order valence-corrected chi connectivity index (χ3v) is 5.18. The number of anilines is 1. The highest BCUT2D eigenvalue weighted by molar-refractivity contribution is 9.10. The highest BCUT2D eigenvalue weighted by Crippen LogP contribution is 2.30. The van der Waals surface area contributed by atoms with Gasteiger partial charge in [0, 0.05) is 15.6 Å². The van der Waals surface area contributed by atoms with Gasteiger partial charge < -0.3 is 4.74 Å². The Labute approximate surface area is 178 Å². The number of amidine groups is 1. The smallest absolute Gasteiger partial charge is 0.282 e. The molecule has 3 aromatic carbocycles. The number of carbonyl (C=O) groups is 1. The number of halogens is 1. The SMILES string of the molecule is COc1ccccc1/C=C1/N=C(c2ccc(Br)cc2)N(c2cccc(C)c2)C1=O. The molecule has 1 aliphatic heterocycles. The summed E-state index contributed by atoms with van der Waals surface area (Å²) in [5, 5.41) is 0. The van der Waals surface area contributed by atoms with Crippen molar-refractivity contribution in [3.8, 4) is 5.75 Å². The number of amides is 1. The zero-order valence-electron chi connectivity index (χ0n) is 16.1. The minimum absolute atomic E-state index is 0.167. The number of aryl methyl sites for hydroxylation is 1. The van der Waals surface area contributed by atoms with E-state index >= 15 is 0 Å². The summed E-state index contributed by atoms with van der Waals surface area (Å²) in [5.74, 6) is 1.14. The van der Waals surface area contributed by atoms with Gasteiger partial charge in [-0.1, -0.05) is 58.4 Å². The van der Waals surface area contributed by atoms with Crippen molar-refractivity contribution in [3.05, 3.63) is 99.7 Å². The lowest BCUT2D eigenvalue weighted by molar-refractivity contribution is -0.113. The Bertz CT molecular complexity index is 1130. The van der Waals surface area contributed by atoms with E-state index in [1.165, 1.54) is 0 Å². The molecule has 0 N–H and O–H groups in total. The van der Waals surface area contributed by atoms with Gasteiger partial charge in [0.05, 0.1) is 12.8 Å². The quantitative estimate of drug-likeness (QED) is 0.489. The molecule has 0 bridgehead atoms. The van der Waals surface area contributed by atoms with E-state index in [1.807, 2.05) is 79.7 Å². The predicted octanol–water partition coefficient (Wildman–Crippen LogP) is 5.60. The van der Waals surface area contributed by atoms with E-state index < -0.39 is 0 Å². The second kappa shape index (κ2) is 8.05. The van der Waals surface area contributed by atoms with Crippen LogP contribution in [-0.2, 0) is 4.79 Å². The van der Waals surface area contributed by atoms with Gasteiger partial charge in [-0.15, -0.1) is 0 Å². The van der Waals surface area contributed by atoms with Gasteiger partial charge in [-0.3, -0.25) is 9.69 Å². The highest BCUT2D eigenvalue weighted by Gasteiger charge is 2.32. The van der Waals surface area contributed by atoms with Gasteiger partial charge in [-0.25, -0.2) is 4.99 Å². The molecular weight excluding hydrogens is 428 g/mol. The molecule has 1 amide bonds. The number of benzene rings is 3. The fraction of sp³-hybridized carbons (Fsp3) is 0.0833. The monoisotopic (exact) mass is 446 g/mol. The average molecular weight is 447 g/mol. The van der Waals surface area contributed by atoms with E-state index in [0.29, 0.717) is 17.3 Å². The predicted molar refractivity (Wildman–Crippen MR) is 120 cm³/mol. The minimum atomic E-state index is -0.167. The molecule has 5 heteroatoms. The molecular formula is C24H19BrN2O2. The normalized spacial score (nSPS) is 15.0. The number of hydrogen-bond acceptors (Lipinski definition) is 3. The van der Waals surface area contributed by atoms with Crippen LogP contribution in [0, 0.1) is 6.92 Å². The molecule has 0 aliphatic carbocycles. The number of aliphatic imine (C=N–C) groups is 1. The van der Waals surface area contributed by atoms with Gasteiger partial charge >= 0.3 is 0 Å². The number of carbonyl (C=O) groups excluding carboxylic acids is 1. The first-order chi connectivity index (χ1) is 14.1. The molecule has 0 spiro atoms. The summed E-state index contributed by atoms with van der Waals surface area (Å²) in [6.45, 7) is 2.01. The number of nitrogens with zero attached hydrogens (tertiary/aromatic N) is 2. The van der Waals surface area contributed by atoms with Crippen molar-refractivity contribution < 1.29 is 9.53 Å². The summed E-state index contributed by atoms with van der Waals surface area (Å²) in [4.78, 5) is 19.7. The van der Waals surface area contributed by atoms with E-state index in [9.17, 15) is 4.79 Å². The van der Waals surface area contributed by atoms with Crippen molar-refractivity contribution in [2.75, 3.05) is 12.0 Å². The van der Waals surface area contributed by atoms with Gasteiger partial charge in [0.15, 0.2) is 0 Å². The van der Waals surface area contributed by atoms with E-state index in [-0.39, 0.29) is 5.91 Å². The van der Waals surface area contributed by atoms with Crippen molar-refractivity contribution >= 4 is 39.4 Å². The molecule has 0 aromatic heterocycles. The molecule has 0 unspecified atom stereocenters. The van der Waals surface area contributed by atoms with E-state index in [1.54, 1.807) is 18.1 Å². The zero-order chi connectivity index (χ0) is 20.4. The number of methoxy groups -OCH3 is 1. The standard InChI is InChI=1S/C24H19BrN2O2/c1-16-6-5-8-20(14-16)27-23(17-10-12-19(25)13-11-17)26-21(24(27)28)15-18-7-3-4-9-22(18)29-2/h3-15H,1-2H3/b21-15+. The van der Waals surface area contributed by atoms with Crippen LogP contribution in [0.4, 0.5) is 5.69 Å². The van der Waals surface area contributed by atoms with Crippen molar-refractivity contribution in [3.63, 3.8) is 0 Å². The lowest BCUT2D eigenvalue weighted by atomic mass is 10.1.